The van der Waals surface area contributed by atoms with Crippen LogP contribution in [0.3, 0.4) is 0 Å². The van der Waals surface area contributed by atoms with Crippen molar-refractivity contribution >= 4 is 10.9 Å². The van der Waals surface area contributed by atoms with E-state index >= 15 is 0 Å². The monoisotopic (exact) mass is 474 g/mol. The quantitative estimate of drug-likeness (QED) is 0.390. The van der Waals surface area contributed by atoms with Crippen LogP contribution in [0.15, 0.2) is 45.8 Å². The molecule has 0 spiro atoms. The lowest BCUT2D eigenvalue weighted by atomic mass is 9.97. The summed E-state index contributed by atoms with van der Waals surface area (Å²) in [5.74, 6) is 1.87. The summed E-state index contributed by atoms with van der Waals surface area (Å²) in [5, 5.41) is 13.9. The van der Waals surface area contributed by atoms with Gasteiger partial charge in [0.05, 0.1) is 12.3 Å². The van der Waals surface area contributed by atoms with Gasteiger partial charge in [0.2, 0.25) is 0 Å². The summed E-state index contributed by atoms with van der Waals surface area (Å²) in [6.45, 7) is 9.60. The molecule has 8 heteroatoms. The molecule has 0 amide bonds. The van der Waals surface area contributed by atoms with E-state index in [9.17, 15) is 4.79 Å². The third kappa shape index (κ3) is 4.80. The van der Waals surface area contributed by atoms with Crippen molar-refractivity contribution in [3.63, 3.8) is 0 Å². The molecule has 8 nitrogen and oxygen atoms in total. The number of furan rings is 1. The summed E-state index contributed by atoms with van der Waals surface area (Å²) in [5.41, 5.74) is 3.98. The van der Waals surface area contributed by atoms with Crippen LogP contribution in [-0.4, -0.2) is 36.1 Å². The predicted octanol–water partition coefficient (Wildman–Crippen LogP) is 4.91. The van der Waals surface area contributed by atoms with Gasteiger partial charge in [-0.2, -0.15) is 0 Å². The molecular formula is C27H34N6O2. The number of aromatic amines is 1. The highest BCUT2D eigenvalue weighted by Gasteiger charge is 2.35. The Morgan fingerprint density at radius 2 is 2.00 bits per heavy atom. The number of nitrogens with zero attached hydrogens (tertiary/aromatic N) is 5. The Morgan fingerprint density at radius 3 is 2.71 bits per heavy atom. The van der Waals surface area contributed by atoms with E-state index in [0.717, 1.165) is 46.5 Å². The second-order valence-corrected chi connectivity index (χ2v) is 10.2. The molecule has 5 rings (SSSR count). The molecule has 3 aromatic heterocycles. The number of pyridine rings is 1. The van der Waals surface area contributed by atoms with Crippen LogP contribution in [0.1, 0.15) is 73.8 Å². The number of aryl methyl sites for hydroxylation is 2. The first-order chi connectivity index (χ1) is 16.9. The van der Waals surface area contributed by atoms with Gasteiger partial charge in [-0.3, -0.25) is 9.69 Å². The lowest BCUT2D eigenvalue weighted by molar-refractivity contribution is 0.0842. The molecule has 1 aliphatic carbocycles. The zero-order chi connectivity index (χ0) is 24.5. The first kappa shape index (κ1) is 23.5. The van der Waals surface area contributed by atoms with Crippen LogP contribution in [0.2, 0.25) is 0 Å². The summed E-state index contributed by atoms with van der Waals surface area (Å²) in [7, 11) is 0. The number of rotatable bonds is 8. The molecule has 1 fully saturated rings. The average molecular weight is 475 g/mol. The average Bonchev–Trinajstić information content (AvgIpc) is 3.58. The Balaban J connectivity index is 1.55. The van der Waals surface area contributed by atoms with Crippen LogP contribution in [0.4, 0.5) is 0 Å². The minimum Gasteiger partial charge on any atom is -0.467 e. The van der Waals surface area contributed by atoms with Gasteiger partial charge in [-0.15, -0.1) is 5.10 Å². The number of hydrogen-bond acceptors (Lipinski definition) is 6. The normalized spacial score (nSPS) is 15.6. The van der Waals surface area contributed by atoms with Crippen LogP contribution in [0.25, 0.3) is 10.9 Å². The van der Waals surface area contributed by atoms with E-state index in [2.05, 4.69) is 65.2 Å². The van der Waals surface area contributed by atoms with Crippen molar-refractivity contribution in [3.05, 3.63) is 75.2 Å². The number of nitrogens with one attached hydrogen (secondary N) is 1. The van der Waals surface area contributed by atoms with Crippen LogP contribution >= 0.6 is 0 Å². The van der Waals surface area contributed by atoms with Crippen LogP contribution in [0, 0.1) is 19.8 Å². The van der Waals surface area contributed by atoms with Gasteiger partial charge in [-0.1, -0.05) is 32.8 Å². The Labute approximate surface area is 205 Å². The third-order valence-corrected chi connectivity index (χ3v) is 7.23. The van der Waals surface area contributed by atoms with E-state index in [1.807, 2.05) is 22.9 Å². The molecule has 3 heterocycles. The maximum Gasteiger partial charge on any atom is 0.252 e. The number of hydrogen-bond donors (Lipinski definition) is 1. The predicted molar refractivity (Wildman–Crippen MR) is 135 cm³/mol. The van der Waals surface area contributed by atoms with Crippen molar-refractivity contribution in [1.82, 2.24) is 30.1 Å². The highest BCUT2D eigenvalue weighted by Crippen LogP contribution is 2.36. The largest absolute Gasteiger partial charge is 0.467 e. The zero-order valence-electron chi connectivity index (χ0n) is 21.0. The van der Waals surface area contributed by atoms with Gasteiger partial charge in [-0.05, 0) is 78.4 Å². The number of fused-ring (bicyclic) bond motifs is 1. The van der Waals surface area contributed by atoms with E-state index < -0.39 is 0 Å². The number of tetrazole rings is 1. The van der Waals surface area contributed by atoms with E-state index in [0.29, 0.717) is 19.1 Å². The van der Waals surface area contributed by atoms with E-state index in [4.69, 9.17) is 4.42 Å². The van der Waals surface area contributed by atoms with Gasteiger partial charge >= 0.3 is 0 Å². The molecule has 1 saturated carbocycles. The molecule has 184 valence electrons. The summed E-state index contributed by atoms with van der Waals surface area (Å²) < 4.78 is 7.40. The molecule has 1 aromatic carbocycles. The number of benzene rings is 1. The Hall–Kier alpha value is -3.26. The SMILES string of the molecule is Cc1cc(C)c2cc(CN(C3CCCC3)[C@H](c3nnnn3Cc3ccco3)C(C)C)c(=O)[nH]c2c1. The van der Waals surface area contributed by atoms with Gasteiger partial charge < -0.3 is 9.40 Å². The van der Waals surface area contributed by atoms with Crippen molar-refractivity contribution in [2.24, 2.45) is 5.92 Å². The molecule has 0 unspecified atom stereocenters. The summed E-state index contributed by atoms with van der Waals surface area (Å²) in [4.78, 5) is 18.8. The highest BCUT2D eigenvalue weighted by atomic mass is 16.3. The first-order valence-electron chi connectivity index (χ1n) is 12.6. The van der Waals surface area contributed by atoms with Crippen molar-refractivity contribution in [2.75, 3.05) is 0 Å². The summed E-state index contributed by atoms with van der Waals surface area (Å²) >= 11 is 0. The molecule has 0 radical (unpaired) electrons. The van der Waals surface area contributed by atoms with Crippen LogP contribution in [-0.2, 0) is 13.1 Å². The van der Waals surface area contributed by atoms with E-state index in [1.165, 1.54) is 18.4 Å². The second kappa shape index (κ2) is 9.77. The summed E-state index contributed by atoms with van der Waals surface area (Å²) in [6, 6.07) is 10.4. The van der Waals surface area contributed by atoms with Gasteiger partial charge in [-0.25, -0.2) is 4.68 Å². The van der Waals surface area contributed by atoms with E-state index in [-0.39, 0.29) is 17.5 Å². The van der Waals surface area contributed by atoms with Crippen molar-refractivity contribution < 1.29 is 4.42 Å². The number of aromatic nitrogens is 5. The maximum atomic E-state index is 13.2. The standard InChI is InChI=1S/C27H34N6O2/c1-17(2)25(26-29-30-31-33(26)16-22-10-7-11-35-22)32(21-8-5-6-9-21)15-20-14-23-19(4)12-18(3)13-24(23)28-27(20)34/h7,10-14,17,21,25H,5-6,8-9,15-16H2,1-4H3,(H,28,34)/t25-/m0/s1. The van der Waals surface area contributed by atoms with Crippen LogP contribution in [0.5, 0.6) is 0 Å². The number of H-pyrrole nitrogens is 1. The first-order valence-corrected chi connectivity index (χ1v) is 12.6. The molecule has 0 bridgehead atoms. The third-order valence-electron chi connectivity index (χ3n) is 7.23. The molecule has 0 saturated heterocycles. The Kier molecular flexibility index (Phi) is 6.56. The lowest BCUT2D eigenvalue weighted by Gasteiger charge is -2.37. The Bertz CT molecular complexity index is 1350. The van der Waals surface area contributed by atoms with Crippen LogP contribution < -0.4 is 5.56 Å². The van der Waals surface area contributed by atoms with Crippen molar-refractivity contribution in [2.45, 2.75) is 78.6 Å². The molecule has 4 aromatic rings. The fourth-order valence-corrected chi connectivity index (χ4v) is 5.64. The fraction of sp³-hybridized carbons (Fsp3) is 0.481. The molecule has 1 atom stereocenters. The molecule has 1 aliphatic rings. The van der Waals surface area contributed by atoms with E-state index in [1.54, 1.807) is 6.26 Å². The zero-order valence-corrected chi connectivity index (χ0v) is 21.0. The minimum absolute atomic E-state index is 0.0248. The van der Waals surface area contributed by atoms with Gasteiger partial charge in [0.15, 0.2) is 5.82 Å². The van der Waals surface area contributed by atoms with Gasteiger partial charge in [0.25, 0.3) is 5.56 Å². The lowest BCUT2D eigenvalue weighted by Crippen LogP contribution is -2.41. The molecular weight excluding hydrogens is 440 g/mol. The van der Waals surface area contributed by atoms with Gasteiger partial charge in [0.1, 0.15) is 12.3 Å². The highest BCUT2D eigenvalue weighted by molar-refractivity contribution is 5.83. The minimum atomic E-state index is -0.0303. The summed E-state index contributed by atoms with van der Waals surface area (Å²) in [6.07, 6.45) is 6.31. The Morgan fingerprint density at radius 1 is 1.20 bits per heavy atom. The van der Waals surface area contributed by atoms with Gasteiger partial charge in [0, 0.05) is 29.1 Å². The maximum absolute atomic E-state index is 13.2. The fourth-order valence-electron chi connectivity index (χ4n) is 5.64. The molecule has 1 N–H and O–H groups in total. The smallest absolute Gasteiger partial charge is 0.252 e. The van der Waals surface area contributed by atoms with Crippen molar-refractivity contribution in [1.29, 1.82) is 0 Å². The molecule has 35 heavy (non-hydrogen) atoms. The second-order valence-electron chi connectivity index (χ2n) is 10.2. The van der Waals surface area contributed by atoms with Crippen molar-refractivity contribution in [3.8, 4) is 0 Å². The topological polar surface area (TPSA) is 92.8 Å². The molecule has 0 aliphatic heterocycles.